The van der Waals surface area contributed by atoms with Crippen LogP contribution in [0.15, 0.2) is 164 Å². The fourth-order valence-electron chi connectivity index (χ4n) is 6.24. The van der Waals surface area contributed by atoms with Crippen molar-refractivity contribution in [2.24, 2.45) is 0 Å². The van der Waals surface area contributed by atoms with Crippen molar-refractivity contribution in [2.45, 2.75) is 58.3 Å². The van der Waals surface area contributed by atoms with E-state index in [1.165, 1.54) is 33.4 Å². The van der Waals surface area contributed by atoms with Gasteiger partial charge in [-0.1, -0.05) is 146 Å². The van der Waals surface area contributed by atoms with Gasteiger partial charge in [0.15, 0.2) is 0 Å². The molecule has 6 nitrogen and oxygen atoms in total. The molecule has 6 aromatic carbocycles. The van der Waals surface area contributed by atoms with E-state index in [0.717, 1.165) is 56.1 Å². The first-order chi connectivity index (χ1) is 27.9. The van der Waals surface area contributed by atoms with Crippen molar-refractivity contribution < 1.29 is 14.2 Å². The average molecular weight is 803 g/mol. The first kappa shape index (κ1) is 47.3. The minimum absolute atomic E-state index is 0. The van der Waals surface area contributed by atoms with Crippen LogP contribution in [0.5, 0.6) is 17.2 Å². The molecule has 0 aliphatic carbocycles. The zero-order valence-corrected chi connectivity index (χ0v) is 36.0. The summed E-state index contributed by atoms with van der Waals surface area (Å²) < 4.78 is 18.6. The highest BCUT2D eigenvalue weighted by Gasteiger charge is 2.16. The number of nitrogens with one attached hydrogen (secondary N) is 3. The van der Waals surface area contributed by atoms with Gasteiger partial charge >= 0.3 is 0 Å². The van der Waals surface area contributed by atoms with Crippen LogP contribution < -0.4 is 30.2 Å². The smallest absolute Gasteiger partial charge is 0.125 e. The number of benzene rings is 6. The molecule has 0 spiro atoms. The van der Waals surface area contributed by atoms with Gasteiger partial charge in [-0.25, -0.2) is 0 Å². The van der Waals surface area contributed by atoms with E-state index in [2.05, 4.69) is 128 Å². The quantitative estimate of drug-likeness (QED) is 0.0805. The fourth-order valence-corrected chi connectivity index (χ4v) is 6.24. The van der Waals surface area contributed by atoms with Crippen molar-refractivity contribution in [3.8, 4) is 17.2 Å². The third-order valence-electron chi connectivity index (χ3n) is 9.57. The molecule has 0 radical (unpaired) electrons. The maximum Gasteiger partial charge on any atom is 0.125 e. The van der Waals surface area contributed by atoms with Gasteiger partial charge in [-0.05, 0) is 113 Å². The van der Waals surface area contributed by atoms with E-state index >= 15 is 0 Å². The van der Waals surface area contributed by atoms with E-state index in [1.54, 1.807) is 0 Å². The van der Waals surface area contributed by atoms with Crippen molar-refractivity contribution in [2.75, 3.05) is 40.8 Å². The lowest BCUT2D eigenvalue weighted by atomic mass is 10.1. The van der Waals surface area contributed by atoms with Gasteiger partial charge in [-0.15, -0.1) is 12.4 Å². The van der Waals surface area contributed by atoms with E-state index in [4.69, 9.17) is 14.2 Å². The van der Waals surface area contributed by atoms with Crippen molar-refractivity contribution in [1.82, 2.24) is 16.0 Å². The lowest BCUT2D eigenvalue weighted by molar-refractivity contribution is 0.193. The van der Waals surface area contributed by atoms with E-state index in [1.807, 2.05) is 93.9 Å². The van der Waals surface area contributed by atoms with Gasteiger partial charge in [-0.3, -0.25) is 0 Å². The highest BCUT2D eigenvalue weighted by Crippen LogP contribution is 2.29. The minimum Gasteiger partial charge on any atom is -0.485 e. The molecule has 308 valence electrons. The summed E-state index contributed by atoms with van der Waals surface area (Å²) in [6.07, 6.45) is 3.14. The Morgan fingerprint density at radius 3 is 0.793 bits per heavy atom. The number of rotatable bonds is 18. The molecule has 6 rings (SSSR count). The normalized spacial score (nSPS) is 11.9. The number of hydrogen-bond acceptors (Lipinski definition) is 6. The third-order valence-corrected chi connectivity index (χ3v) is 9.57. The van der Waals surface area contributed by atoms with Gasteiger partial charge in [0.2, 0.25) is 0 Å². The second kappa shape index (κ2) is 27.5. The molecule has 58 heavy (non-hydrogen) atoms. The summed E-state index contributed by atoms with van der Waals surface area (Å²) in [5.41, 5.74) is 7.19. The molecular formula is C51H64ClN3O3. The highest BCUT2D eigenvalue weighted by atomic mass is 35.5. The highest BCUT2D eigenvalue weighted by molar-refractivity contribution is 5.85. The van der Waals surface area contributed by atoms with Crippen LogP contribution in [0.4, 0.5) is 0 Å². The second-order valence-electron chi connectivity index (χ2n) is 14.0. The molecule has 0 bridgehead atoms. The molecule has 0 aliphatic heterocycles. The summed E-state index contributed by atoms with van der Waals surface area (Å²) in [5, 5.41) is 9.56. The van der Waals surface area contributed by atoms with E-state index in [9.17, 15) is 0 Å². The van der Waals surface area contributed by atoms with Crippen LogP contribution in [0.25, 0.3) is 0 Å². The number of ether oxygens (including phenoxy) is 3. The molecular weight excluding hydrogens is 738 g/mol. The molecule has 3 atom stereocenters. The second-order valence-corrected chi connectivity index (χ2v) is 14.0. The molecule has 3 N–H and O–H groups in total. The summed E-state index contributed by atoms with van der Waals surface area (Å²) in [6, 6.07) is 55.7. The van der Waals surface area contributed by atoms with Crippen LogP contribution in [0, 0.1) is 20.8 Å². The summed E-state index contributed by atoms with van der Waals surface area (Å²) >= 11 is 0. The van der Waals surface area contributed by atoms with Crippen LogP contribution in [0.1, 0.15) is 71.0 Å². The van der Waals surface area contributed by atoms with E-state index in [0.29, 0.717) is 0 Å². The van der Waals surface area contributed by atoms with Crippen molar-refractivity contribution >= 4 is 12.4 Å². The van der Waals surface area contributed by atoms with Crippen LogP contribution in [-0.4, -0.2) is 40.8 Å². The lowest BCUT2D eigenvalue weighted by Gasteiger charge is -2.20. The topological polar surface area (TPSA) is 63.8 Å². The first-order valence-electron chi connectivity index (χ1n) is 20.2. The molecule has 0 amide bonds. The maximum absolute atomic E-state index is 6.19. The number of halogens is 1. The monoisotopic (exact) mass is 801 g/mol. The Balaban J connectivity index is 0.000000231. The van der Waals surface area contributed by atoms with Gasteiger partial charge < -0.3 is 30.2 Å². The van der Waals surface area contributed by atoms with Gasteiger partial charge in [0.25, 0.3) is 0 Å². The van der Waals surface area contributed by atoms with Crippen LogP contribution in [0.2, 0.25) is 0 Å². The van der Waals surface area contributed by atoms with Crippen molar-refractivity contribution in [3.05, 3.63) is 197 Å². The SMILES string of the molecule is CNCC[C@@H](Oc1ccccc1C)c1ccccc1.CNCC[C@@H](Oc1ccccc1C)c1ccccc1.CNCC[C@@H](Oc1ccccc1C)c1ccccc1.Cl. The Morgan fingerprint density at radius 1 is 0.345 bits per heavy atom. The number of para-hydroxylation sites is 3. The van der Waals surface area contributed by atoms with Crippen LogP contribution in [0.3, 0.4) is 0 Å². The summed E-state index contributed by atoms with van der Waals surface area (Å²) in [5.74, 6) is 2.90. The first-order valence-corrected chi connectivity index (χ1v) is 20.2. The predicted molar refractivity (Wildman–Crippen MR) is 246 cm³/mol. The molecule has 0 heterocycles. The van der Waals surface area contributed by atoms with Gasteiger partial charge in [0.05, 0.1) is 0 Å². The largest absolute Gasteiger partial charge is 0.485 e. The standard InChI is InChI=1S/3C17H21NO.ClH/c3*1-14-8-6-7-11-16(14)19-17(12-13-18-2)15-9-4-3-5-10-15;/h3*3-11,17-18H,12-13H2,1-2H3;1H/t3*17-;/m111./s1. The maximum atomic E-state index is 6.19. The lowest BCUT2D eigenvalue weighted by Crippen LogP contribution is -2.16. The summed E-state index contributed by atoms with van der Waals surface area (Å²) in [4.78, 5) is 0. The zero-order valence-electron chi connectivity index (χ0n) is 35.2. The van der Waals surface area contributed by atoms with Gasteiger partial charge in [0.1, 0.15) is 35.6 Å². The molecule has 7 heteroatoms. The number of aryl methyl sites for hydroxylation is 3. The predicted octanol–water partition coefficient (Wildman–Crippen LogP) is 11.6. The van der Waals surface area contributed by atoms with Crippen LogP contribution >= 0.6 is 12.4 Å². The molecule has 6 aromatic rings. The Kier molecular flexibility index (Phi) is 22.4. The van der Waals surface area contributed by atoms with Crippen molar-refractivity contribution in [1.29, 1.82) is 0 Å². The molecule has 0 saturated heterocycles. The Bertz CT molecular complexity index is 1720. The Labute approximate surface area is 354 Å². The summed E-state index contributed by atoms with van der Waals surface area (Å²) in [6.45, 7) is 9.04. The van der Waals surface area contributed by atoms with Crippen molar-refractivity contribution in [3.63, 3.8) is 0 Å². The van der Waals surface area contributed by atoms with E-state index in [-0.39, 0.29) is 30.7 Å². The minimum atomic E-state index is 0. The molecule has 0 saturated carbocycles. The molecule has 0 aromatic heterocycles. The molecule has 0 unspecified atom stereocenters. The zero-order chi connectivity index (χ0) is 40.5. The van der Waals surface area contributed by atoms with Crippen LogP contribution in [-0.2, 0) is 0 Å². The van der Waals surface area contributed by atoms with Gasteiger partial charge in [0, 0.05) is 19.3 Å². The Hall–Kier alpha value is -5.11. The fraction of sp³-hybridized carbons (Fsp3) is 0.294. The third kappa shape index (κ3) is 16.4. The summed E-state index contributed by atoms with van der Waals surface area (Å²) in [7, 11) is 5.90. The molecule has 0 aliphatic rings. The molecule has 0 fully saturated rings. The van der Waals surface area contributed by atoms with Gasteiger partial charge in [-0.2, -0.15) is 0 Å². The number of hydrogen-bond donors (Lipinski definition) is 3. The average Bonchev–Trinajstić information content (AvgIpc) is 3.26. The Morgan fingerprint density at radius 2 is 0.569 bits per heavy atom. The van der Waals surface area contributed by atoms with E-state index < -0.39 is 0 Å².